The second kappa shape index (κ2) is 6.05. The molecule has 0 bridgehead atoms. The van der Waals surface area contributed by atoms with Crippen LogP contribution in [-0.2, 0) is 9.59 Å². The van der Waals surface area contributed by atoms with Gasteiger partial charge in [0, 0.05) is 33.1 Å². The van der Waals surface area contributed by atoms with E-state index in [1.54, 1.807) is 11.8 Å². The van der Waals surface area contributed by atoms with Crippen LogP contribution in [0.5, 0.6) is 0 Å². The topological polar surface area (TPSA) is 60.9 Å². The molecule has 2 rings (SSSR count). The van der Waals surface area contributed by atoms with Crippen LogP contribution < -0.4 is 0 Å². The Balaban J connectivity index is 2.18. The molecule has 20 heavy (non-hydrogen) atoms. The van der Waals surface area contributed by atoms with Crippen LogP contribution in [0.3, 0.4) is 0 Å². The Kier molecular flexibility index (Phi) is 4.39. The molecule has 1 atom stereocenters. The summed E-state index contributed by atoms with van der Waals surface area (Å²) in [5.74, 6) is -0.789. The number of nitrogens with zero attached hydrogens (tertiary/aromatic N) is 2. The van der Waals surface area contributed by atoms with Crippen molar-refractivity contribution in [3.05, 3.63) is 35.4 Å². The maximum atomic E-state index is 11.6. The minimum Gasteiger partial charge on any atom is -0.480 e. The number of rotatable bonds is 3. The molecule has 1 aliphatic rings. The van der Waals surface area contributed by atoms with Crippen molar-refractivity contribution in [2.24, 2.45) is 0 Å². The van der Waals surface area contributed by atoms with Gasteiger partial charge in [0.25, 0.3) is 0 Å². The smallest absolute Gasteiger partial charge is 0.325 e. The molecule has 0 radical (unpaired) electrons. The molecule has 1 aromatic rings. The number of carboxylic acids is 1. The monoisotopic (exact) mass is 276 g/mol. The van der Waals surface area contributed by atoms with Gasteiger partial charge in [-0.15, -0.1) is 0 Å². The van der Waals surface area contributed by atoms with E-state index in [0.29, 0.717) is 26.2 Å². The van der Waals surface area contributed by atoms with Gasteiger partial charge < -0.3 is 10.0 Å². The third kappa shape index (κ3) is 2.99. The molecule has 1 unspecified atom stereocenters. The van der Waals surface area contributed by atoms with Gasteiger partial charge in [0.05, 0.1) is 0 Å². The molecule has 5 nitrogen and oxygen atoms in total. The average Bonchev–Trinajstić information content (AvgIpc) is 2.41. The van der Waals surface area contributed by atoms with Crippen LogP contribution in [0.2, 0.25) is 0 Å². The molecule has 1 N–H and O–H groups in total. The molecule has 0 aliphatic carbocycles. The summed E-state index contributed by atoms with van der Waals surface area (Å²) in [5, 5.41) is 9.56. The van der Waals surface area contributed by atoms with Crippen molar-refractivity contribution in [3.8, 4) is 0 Å². The Morgan fingerprint density at radius 3 is 2.25 bits per heavy atom. The van der Waals surface area contributed by atoms with Gasteiger partial charge in [-0.3, -0.25) is 14.5 Å². The van der Waals surface area contributed by atoms with Crippen molar-refractivity contribution < 1.29 is 14.7 Å². The highest BCUT2D eigenvalue weighted by Crippen LogP contribution is 2.25. The summed E-state index contributed by atoms with van der Waals surface area (Å²) in [7, 11) is 0. The van der Waals surface area contributed by atoms with Gasteiger partial charge in [0.15, 0.2) is 0 Å². The van der Waals surface area contributed by atoms with E-state index in [1.807, 2.05) is 36.1 Å². The predicted molar refractivity (Wildman–Crippen MR) is 75.4 cm³/mol. The van der Waals surface area contributed by atoms with Crippen LogP contribution in [0.4, 0.5) is 0 Å². The summed E-state index contributed by atoms with van der Waals surface area (Å²) in [6.07, 6.45) is 0. The Morgan fingerprint density at radius 1 is 1.15 bits per heavy atom. The van der Waals surface area contributed by atoms with Crippen molar-refractivity contribution in [2.75, 3.05) is 26.2 Å². The van der Waals surface area contributed by atoms with Gasteiger partial charge in [-0.2, -0.15) is 0 Å². The van der Waals surface area contributed by atoms with Crippen LogP contribution in [0.15, 0.2) is 24.3 Å². The van der Waals surface area contributed by atoms with Crippen molar-refractivity contribution in [1.82, 2.24) is 9.80 Å². The molecule has 1 amide bonds. The summed E-state index contributed by atoms with van der Waals surface area (Å²) in [4.78, 5) is 26.7. The number of hydrogen-bond donors (Lipinski definition) is 1. The molecular formula is C15H20N2O3. The molecular weight excluding hydrogens is 256 g/mol. The van der Waals surface area contributed by atoms with Crippen molar-refractivity contribution in [1.29, 1.82) is 0 Å². The first-order valence-corrected chi connectivity index (χ1v) is 6.78. The van der Waals surface area contributed by atoms with Crippen LogP contribution in [-0.4, -0.2) is 53.0 Å². The normalized spacial score (nSPS) is 17.8. The minimum absolute atomic E-state index is 0.0485. The van der Waals surface area contributed by atoms with Gasteiger partial charge in [-0.1, -0.05) is 24.3 Å². The van der Waals surface area contributed by atoms with Crippen LogP contribution in [0.1, 0.15) is 24.1 Å². The van der Waals surface area contributed by atoms with Crippen molar-refractivity contribution >= 4 is 11.9 Å². The Labute approximate surface area is 118 Å². The number of aryl methyl sites for hydroxylation is 1. The zero-order valence-electron chi connectivity index (χ0n) is 11.9. The SMILES string of the molecule is CC(=O)N1CCN(C(C(=O)O)c2ccccc2C)CC1. The zero-order valence-corrected chi connectivity index (χ0v) is 11.9. The van der Waals surface area contributed by atoms with Gasteiger partial charge in [0.1, 0.15) is 6.04 Å². The fraction of sp³-hybridized carbons (Fsp3) is 0.467. The molecule has 1 aromatic carbocycles. The minimum atomic E-state index is -0.837. The first-order chi connectivity index (χ1) is 9.50. The molecule has 0 saturated carbocycles. The quantitative estimate of drug-likeness (QED) is 0.903. The maximum absolute atomic E-state index is 11.6. The maximum Gasteiger partial charge on any atom is 0.325 e. The third-order valence-corrected chi connectivity index (χ3v) is 3.84. The van der Waals surface area contributed by atoms with E-state index in [0.717, 1.165) is 11.1 Å². The number of amides is 1. The van der Waals surface area contributed by atoms with E-state index >= 15 is 0 Å². The summed E-state index contributed by atoms with van der Waals surface area (Å²) in [6, 6.07) is 6.93. The average molecular weight is 276 g/mol. The van der Waals surface area contributed by atoms with Crippen LogP contribution >= 0.6 is 0 Å². The highest BCUT2D eigenvalue weighted by atomic mass is 16.4. The molecule has 1 heterocycles. The number of carboxylic acid groups (broad SMARTS) is 1. The van der Waals surface area contributed by atoms with Crippen molar-refractivity contribution in [3.63, 3.8) is 0 Å². The number of hydrogen-bond acceptors (Lipinski definition) is 3. The molecule has 1 fully saturated rings. The van der Waals surface area contributed by atoms with Gasteiger partial charge in [-0.05, 0) is 18.1 Å². The Morgan fingerprint density at radius 2 is 1.75 bits per heavy atom. The lowest BCUT2D eigenvalue weighted by Gasteiger charge is -2.37. The molecule has 0 aromatic heterocycles. The number of benzene rings is 1. The summed E-state index contributed by atoms with van der Waals surface area (Å²) in [6.45, 7) is 5.83. The summed E-state index contributed by atoms with van der Waals surface area (Å²) >= 11 is 0. The first-order valence-electron chi connectivity index (χ1n) is 6.78. The largest absolute Gasteiger partial charge is 0.480 e. The highest BCUT2D eigenvalue weighted by Gasteiger charge is 2.31. The van der Waals surface area contributed by atoms with Crippen molar-refractivity contribution in [2.45, 2.75) is 19.9 Å². The van der Waals surface area contributed by atoms with E-state index in [9.17, 15) is 14.7 Å². The third-order valence-electron chi connectivity index (χ3n) is 3.84. The van der Waals surface area contributed by atoms with E-state index in [2.05, 4.69) is 0 Å². The summed E-state index contributed by atoms with van der Waals surface area (Å²) in [5.41, 5.74) is 1.81. The molecule has 5 heteroatoms. The molecule has 0 spiro atoms. The molecule has 108 valence electrons. The number of carbonyl (C=O) groups is 2. The van der Waals surface area contributed by atoms with E-state index < -0.39 is 12.0 Å². The second-order valence-corrected chi connectivity index (χ2v) is 5.14. The lowest BCUT2D eigenvalue weighted by Crippen LogP contribution is -2.50. The van der Waals surface area contributed by atoms with Gasteiger partial charge in [0.2, 0.25) is 5.91 Å². The zero-order chi connectivity index (χ0) is 14.7. The fourth-order valence-corrected chi connectivity index (χ4v) is 2.67. The van der Waals surface area contributed by atoms with Gasteiger partial charge in [-0.25, -0.2) is 0 Å². The number of piperazine rings is 1. The lowest BCUT2D eigenvalue weighted by atomic mass is 9.99. The Bertz CT molecular complexity index is 508. The number of aliphatic carboxylic acids is 1. The highest BCUT2D eigenvalue weighted by molar-refractivity contribution is 5.76. The molecule has 1 saturated heterocycles. The lowest BCUT2D eigenvalue weighted by molar-refractivity contribution is -0.145. The standard InChI is InChI=1S/C15H20N2O3/c1-11-5-3-4-6-13(11)14(15(19)20)17-9-7-16(8-10-17)12(2)18/h3-6,14H,7-10H2,1-2H3,(H,19,20). The molecule has 1 aliphatic heterocycles. The van der Waals surface area contributed by atoms with Gasteiger partial charge >= 0.3 is 5.97 Å². The first kappa shape index (κ1) is 14.5. The second-order valence-electron chi connectivity index (χ2n) is 5.14. The van der Waals surface area contributed by atoms with E-state index in [4.69, 9.17) is 0 Å². The number of carbonyl (C=O) groups excluding carboxylic acids is 1. The van der Waals surface area contributed by atoms with Crippen LogP contribution in [0.25, 0.3) is 0 Å². The Hall–Kier alpha value is -1.88. The fourth-order valence-electron chi connectivity index (χ4n) is 2.67. The van der Waals surface area contributed by atoms with E-state index in [-0.39, 0.29) is 5.91 Å². The predicted octanol–water partition coefficient (Wildman–Crippen LogP) is 1.28. The van der Waals surface area contributed by atoms with Crippen LogP contribution in [0, 0.1) is 6.92 Å². The van der Waals surface area contributed by atoms with E-state index in [1.165, 1.54) is 0 Å². The summed E-state index contributed by atoms with van der Waals surface area (Å²) < 4.78 is 0.